The average molecular weight is 482 g/mol. The summed E-state index contributed by atoms with van der Waals surface area (Å²) in [6, 6.07) is 12.7. The predicted molar refractivity (Wildman–Crippen MR) is 116 cm³/mol. The second kappa shape index (κ2) is 7.21. The van der Waals surface area contributed by atoms with Crippen molar-refractivity contribution in [2.45, 2.75) is 25.6 Å². The molecule has 4 rings (SSSR count). The van der Waals surface area contributed by atoms with Gasteiger partial charge in [-0.25, -0.2) is 0 Å². The van der Waals surface area contributed by atoms with E-state index in [0.29, 0.717) is 15.9 Å². The molecule has 28 heavy (non-hydrogen) atoms. The van der Waals surface area contributed by atoms with E-state index in [1.165, 1.54) is 0 Å². The Morgan fingerprint density at radius 1 is 1.39 bits per heavy atom. The number of ether oxygens (including phenoxy) is 2. The number of carbonyl (C=O) groups is 1. The highest BCUT2D eigenvalue weighted by atomic mass is 79.9. The second-order valence-electron chi connectivity index (χ2n) is 6.81. The number of rotatable bonds is 3. The minimum absolute atomic E-state index is 0.283. The zero-order chi connectivity index (χ0) is 20.1. The maximum atomic E-state index is 13.0. The molecule has 0 aromatic heterocycles. The number of halogens is 2. The summed E-state index contributed by atoms with van der Waals surface area (Å²) in [5.74, 6) is -0.291. The third-order valence-corrected chi connectivity index (χ3v) is 6.10. The fourth-order valence-corrected chi connectivity index (χ4v) is 4.93. The number of nitrogens with one attached hydrogen (secondary N) is 1. The first-order chi connectivity index (χ1) is 13.3. The molecular weight excluding hydrogens is 464 g/mol. The molecule has 2 aromatic rings. The quantitative estimate of drug-likeness (QED) is 0.501. The van der Waals surface area contributed by atoms with Crippen LogP contribution in [-0.4, -0.2) is 23.4 Å². The Kier molecular flexibility index (Phi) is 5.02. The van der Waals surface area contributed by atoms with Gasteiger partial charge < -0.3 is 14.8 Å². The molecule has 2 bridgehead atoms. The van der Waals surface area contributed by atoms with E-state index >= 15 is 0 Å². The largest absolute Gasteiger partial charge is 0.466 e. The van der Waals surface area contributed by atoms with Crippen LogP contribution in [0.2, 0.25) is 5.02 Å². The van der Waals surface area contributed by atoms with Gasteiger partial charge in [0.1, 0.15) is 11.7 Å². The number of esters is 1. The summed E-state index contributed by atoms with van der Waals surface area (Å²) in [5.41, 5.74) is 0.518. The lowest BCUT2D eigenvalue weighted by molar-refractivity contribution is -0.159. The molecule has 0 saturated carbocycles. The molecule has 0 spiro atoms. The molecule has 8 heteroatoms. The Bertz CT molecular complexity index is 972. The van der Waals surface area contributed by atoms with Gasteiger partial charge in [0, 0.05) is 20.7 Å². The standard InChI is InChI=1S/C20H18BrClN2O3S/c1-3-26-18(25)16-17-14-9-11(21)7-8-15(14)27-20(16,2)24(19(28)23-17)13-6-4-5-12(22)10-13/h4-10,16-17H,3H2,1-2H3,(H,23,28)/t16-,17+,20+/m1/s1. The first-order valence-corrected chi connectivity index (χ1v) is 10.4. The number of hydrogen-bond donors (Lipinski definition) is 1. The number of fused-ring (bicyclic) bond motifs is 4. The normalized spacial score (nSPS) is 25.4. The van der Waals surface area contributed by atoms with Gasteiger partial charge in [-0.3, -0.25) is 9.69 Å². The van der Waals surface area contributed by atoms with E-state index in [2.05, 4.69) is 21.2 Å². The van der Waals surface area contributed by atoms with Gasteiger partial charge in [-0.2, -0.15) is 0 Å². The summed E-state index contributed by atoms with van der Waals surface area (Å²) in [5, 5.41) is 4.35. The number of benzene rings is 2. The van der Waals surface area contributed by atoms with Crippen molar-refractivity contribution in [1.29, 1.82) is 0 Å². The molecule has 5 nitrogen and oxygen atoms in total. The molecule has 146 valence electrons. The van der Waals surface area contributed by atoms with Crippen LogP contribution in [0.5, 0.6) is 5.75 Å². The Balaban J connectivity index is 1.90. The third kappa shape index (κ3) is 3.06. The van der Waals surface area contributed by atoms with E-state index in [-0.39, 0.29) is 18.6 Å². The van der Waals surface area contributed by atoms with Gasteiger partial charge in [0.15, 0.2) is 5.11 Å². The van der Waals surface area contributed by atoms with Crippen molar-refractivity contribution in [3.05, 3.63) is 57.5 Å². The van der Waals surface area contributed by atoms with Gasteiger partial charge >= 0.3 is 5.97 Å². The van der Waals surface area contributed by atoms with Crippen molar-refractivity contribution < 1.29 is 14.3 Å². The number of thiocarbonyl (C=S) groups is 1. The topological polar surface area (TPSA) is 50.8 Å². The van der Waals surface area contributed by atoms with Crippen molar-refractivity contribution in [2.75, 3.05) is 11.5 Å². The lowest BCUT2D eigenvalue weighted by Gasteiger charge is -2.55. The average Bonchev–Trinajstić information content (AvgIpc) is 2.62. The van der Waals surface area contributed by atoms with E-state index < -0.39 is 11.6 Å². The van der Waals surface area contributed by atoms with Crippen molar-refractivity contribution in [3.8, 4) is 5.75 Å². The molecule has 2 aliphatic rings. The van der Waals surface area contributed by atoms with Crippen molar-refractivity contribution >= 4 is 56.5 Å². The summed E-state index contributed by atoms with van der Waals surface area (Å²) in [6.45, 7) is 3.93. The van der Waals surface area contributed by atoms with Crippen molar-refractivity contribution in [3.63, 3.8) is 0 Å². The van der Waals surface area contributed by atoms with Gasteiger partial charge in [0.2, 0.25) is 5.72 Å². The fourth-order valence-electron chi connectivity index (χ4n) is 3.95. The van der Waals surface area contributed by atoms with E-state index in [0.717, 1.165) is 15.7 Å². The zero-order valence-corrected chi connectivity index (χ0v) is 18.4. The van der Waals surface area contributed by atoms with Crippen LogP contribution in [0.25, 0.3) is 0 Å². The van der Waals surface area contributed by atoms with E-state index in [1.807, 2.05) is 37.3 Å². The van der Waals surface area contributed by atoms with Crippen molar-refractivity contribution in [1.82, 2.24) is 5.32 Å². The minimum Gasteiger partial charge on any atom is -0.466 e. The molecule has 1 fully saturated rings. The molecular formula is C20H18BrClN2O3S. The molecule has 0 aliphatic carbocycles. The van der Waals surface area contributed by atoms with Crippen LogP contribution in [0, 0.1) is 5.92 Å². The number of anilines is 1. The molecule has 1 N–H and O–H groups in total. The smallest absolute Gasteiger partial charge is 0.317 e. The molecule has 2 aliphatic heterocycles. The van der Waals surface area contributed by atoms with E-state index in [9.17, 15) is 4.79 Å². The first-order valence-electron chi connectivity index (χ1n) is 8.86. The molecule has 1 saturated heterocycles. The number of hydrogen-bond acceptors (Lipinski definition) is 4. The SMILES string of the molecule is CCOC(=O)[C@H]1[C@H]2NC(=S)N(c3cccc(Cl)c3)[C@@]1(C)Oc1ccc(Br)cc12. The summed E-state index contributed by atoms with van der Waals surface area (Å²) < 4.78 is 12.7. The Morgan fingerprint density at radius 2 is 2.18 bits per heavy atom. The third-order valence-electron chi connectivity index (χ3n) is 5.07. The molecule has 2 heterocycles. The monoisotopic (exact) mass is 480 g/mol. The van der Waals surface area contributed by atoms with Crippen LogP contribution in [0.15, 0.2) is 46.9 Å². The van der Waals surface area contributed by atoms with Gasteiger partial charge in [-0.05, 0) is 62.5 Å². The van der Waals surface area contributed by atoms with Crippen LogP contribution >= 0.6 is 39.7 Å². The van der Waals surface area contributed by atoms with E-state index in [4.69, 9.17) is 33.3 Å². The lowest BCUT2D eigenvalue weighted by atomic mass is 9.79. The van der Waals surface area contributed by atoms with Crippen LogP contribution in [0.4, 0.5) is 5.69 Å². The second-order valence-corrected chi connectivity index (χ2v) is 8.55. The van der Waals surface area contributed by atoms with Crippen LogP contribution in [0.1, 0.15) is 25.5 Å². The highest BCUT2D eigenvalue weighted by Gasteiger charge is 2.59. The number of carbonyl (C=O) groups excluding carboxylic acids is 1. The maximum Gasteiger partial charge on any atom is 0.317 e. The number of nitrogens with zero attached hydrogens (tertiary/aromatic N) is 1. The van der Waals surface area contributed by atoms with Crippen LogP contribution < -0.4 is 15.0 Å². The molecule has 0 radical (unpaired) electrons. The summed E-state index contributed by atoms with van der Waals surface area (Å²) in [7, 11) is 0. The van der Waals surface area contributed by atoms with Gasteiger partial charge in [0.05, 0.1) is 12.6 Å². The van der Waals surface area contributed by atoms with Crippen LogP contribution in [-0.2, 0) is 9.53 Å². The first kappa shape index (κ1) is 19.5. The lowest BCUT2D eigenvalue weighted by Crippen LogP contribution is -2.71. The van der Waals surface area contributed by atoms with Gasteiger partial charge in [-0.1, -0.05) is 33.6 Å². The Labute approximate surface area is 182 Å². The highest BCUT2D eigenvalue weighted by Crippen LogP contribution is 2.50. The van der Waals surface area contributed by atoms with Crippen molar-refractivity contribution in [2.24, 2.45) is 5.92 Å². The van der Waals surface area contributed by atoms with E-state index in [1.54, 1.807) is 24.0 Å². The fraction of sp³-hybridized carbons (Fsp3) is 0.300. The Hall–Kier alpha value is -1.83. The maximum absolute atomic E-state index is 13.0. The predicted octanol–water partition coefficient (Wildman–Crippen LogP) is 4.83. The molecule has 3 atom stereocenters. The van der Waals surface area contributed by atoms with Crippen LogP contribution in [0.3, 0.4) is 0 Å². The molecule has 0 unspecified atom stereocenters. The molecule has 2 aromatic carbocycles. The van der Waals surface area contributed by atoms with Gasteiger partial charge in [0.25, 0.3) is 0 Å². The zero-order valence-electron chi connectivity index (χ0n) is 15.2. The highest BCUT2D eigenvalue weighted by molar-refractivity contribution is 9.10. The summed E-state index contributed by atoms with van der Waals surface area (Å²) in [4.78, 5) is 14.8. The molecule has 0 amide bonds. The Morgan fingerprint density at radius 3 is 2.89 bits per heavy atom. The minimum atomic E-state index is -1.08. The summed E-state index contributed by atoms with van der Waals surface area (Å²) >= 11 is 15.4. The summed E-state index contributed by atoms with van der Waals surface area (Å²) in [6.07, 6.45) is 0. The van der Waals surface area contributed by atoms with Gasteiger partial charge in [-0.15, -0.1) is 0 Å².